The molecule has 5 aliphatic rings. The van der Waals surface area contributed by atoms with Gasteiger partial charge in [0.15, 0.2) is 5.78 Å². The van der Waals surface area contributed by atoms with Crippen LogP contribution in [0.5, 0.6) is 0 Å². The van der Waals surface area contributed by atoms with Gasteiger partial charge in [0.05, 0.1) is 12.4 Å². The van der Waals surface area contributed by atoms with Crippen LogP contribution >= 0.6 is 0 Å². The van der Waals surface area contributed by atoms with E-state index >= 15 is 4.39 Å². The Morgan fingerprint density at radius 2 is 2.00 bits per heavy atom. The van der Waals surface area contributed by atoms with Gasteiger partial charge in [-0.25, -0.2) is 14.0 Å². The van der Waals surface area contributed by atoms with Gasteiger partial charge in [0.1, 0.15) is 11.8 Å². The van der Waals surface area contributed by atoms with Crippen molar-refractivity contribution in [2.75, 3.05) is 0 Å². The third-order valence-corrected chi connectivity index (χ3v) is 9.75. The number of carbonyl (C=O) groups excluding carboxylic acids is 2. The molecule has 0 amide bonds. The number of epoxide rings is 1. The Morgan fingerprint density at radius 3 is 2.68 bits per heavy atom. The number of hydrogen-bond donors (Lipinski definition) is 1. The van der Waals surface area contributed by atoms with E-state index in [0.717, 1.165) is 0 Å². The lowest BCUT2D eigenvalue weighted by molar-refractivity contribution is -0.185. The minimum absolute atomic E-state index is 0.0616. The van der Waals surface area contributed by atoms with E-state index in [1.165, 1.54) is 30.5 Å². The Labute approximate surface area is 196 Å². The highest BCUT2D eigenvalue weighted by Crippen LogP contribution is 2.77. The van der Waals surface area contributed by atoms with Crippen LogP contribution in [-0.4, -0.2) is 46.3 Å². The van der Waals surface area contributed by atoms with Gasteiger partial charge < -0.3 is 19.0 Å². The van der Waals surface area contributed by atoms with E-state index in [9.17, 15) is 19.5 Å². The Kier molecular flexibility index (Phi) is 4.15. The van der Waals surface area contributed by atoms with Crippen LogP contribution in [0.2, 0.25) is 0 Å². The molecule has 6 rings (SSSR count). The first kappa shape index (κ1) is 21.8. The number of ketones is 1. The molecule has 34 heavy (non-hydrogen) atoms. The normalized spacial score (nSPS) is 48.2. The molecule has 4 aliphatic carbocycles. The van der Waals surface area contributed by atoms with E-state index in [4.69, 9.17) is 13.9 Å². The second-order valence-electron chi connectivity index (χ2n) is 11.0. The summed E-state index contributed by atoms with van der Waals surface area (Å²) in [5.74, 6) is -3.35. The predicted molar refractivity (Wildman–Crippen MR) is 115 cm³/mol. The second-order valence-corrected chi connectivity index (χ2v) is 11.0. The summed E-state index contributed by atoms with van der Waals surface area (Å²) in [7, 11) is 0. The van der Waals surface area contributed by atoms with E-state index in [-0.39, 0.29) is 35.9 Å². The molecular formula is C26H27FO7. The molecular weight excluding hydrogens is 443 g/mol. The first-order valence-electron chi connectivity index (χ1n) is 11.8. The van der Waals surface area contributed by atoms with Gasteiger partial charge >= 0.3 is 11.9 Å². The molecule has 180 valence electrons. The number of carbonyl (C=O) groups is 3. The largest absolute Gasteiger partial charge is 0.478 e. The number of furan rings is 1. The Hall–Kier alpha value is -2.74. The fourth-order valence-corrected chi connectivity index (χ4v) is 8.27. The van der Waals surface area contributed by atoms with Crippen molar-refractivity contribution in [1.82, 2.24) is 0 Å². The first-order valence-corrected chi connectivity index (χ1v) is 11.8. The molecule has 9 atom stereocenters. The van der Waals surface area contributed by atoms with Crippen molar-refractivity contribution in [3.8, 4) is 0 Å². The number of carboxylic acids is 1. The van der Waals surface area contributed by atoms with E-state index in [2.05, 4.69) is 0 Å². The Bertz CT molecular complexity index is 1170. The van der Waals surface area contributed by atoms with Gasteiger partial charge in [-0.15, -0.1) is 0 Å². The number of rotatable bonds is 3. The molecule has 2 unspecified atom stereocenters. The zero-order chi connectivity index (χ0) is 24.3. The van der Waals surface area contributed by atoms with Gasteiger partial charge in [0.25, 0.3) is 0 Å². The van der Waals surface area contributed by atoms with Gasteiger partial charge in [-0.2, -0.15) is 0 Å². The summed E-state index contributed by atoms with van der Waals surface area (Å²) in [6.07, 6.45) is 5.28. The summed E-state index contributed by atoms with van der Waals surface area (Å²) in [6, 6.07) is 2.98. The monoisotopic (exact) mass is 470 g/mol. The van der Waals surface area contributed by atoms with Crippen molar-refractivity contribution < 1.29 is 37.8 Å². The van der Waals surface area contributed by atoms with Crippen LogP contribution in [0.4, 0.5) is 4.39 Å². The molecule has 2 heterocycles. The number of alkyl halides is 1. The van der Waals surface area contributed by atoms with Crippen molar-refractivity contribution in [3.05, 3.63) is 48.0 Å². The number of carboxylic acid groups (broad SMARTS) is 1. The highest BCUT2D eigenvalue weighted by atomic mass is 19.1. The highest BCUT2D eigenvalue weighted by Gasteiger charge is 2.84. The molecule has 0 radical (unpaired) electrons. The number of esters is 1. The zero-order valence-corrected chi connectivity index (χ0v) is 19.2. The van der Waals surface area contributed by atoms with E-state index < -0.39 is 46.1 Å². The zero-order valence-electron chi connectivity index (χ0n) is 19.2. The number of halogens is 1. The maximum atomic E-state index is 15.6. The van der Waals surface area contributed by atoms with Gasteiger partial charge in [0, 0.05) is 16.7 Å². The van der Waals surface area contributed by atoms with Gasteiger partial charge in [-0.3, -0.25) is 4.79 Å². The van der Waals surface area contributed by atoms with Crippen LogP contribution in [0, 0.1) is 28.6 Å². The maximum absolute atomic E-state index is 15.6. The molecule has 0 bridgehead atoms. The summed E-state index contributed by atoms with van der Waals surface area (Å²) in [5.41, 5.74) is -3.80. The highest BCUT2D eigenvalue weighted by molar-refractivity contribution is 6.01. The number of hydrogen-bond acceptors (Lipinski definition) is 6. The molecule has 1 N–H and O–H groups in total. The molecule has 1 saturated heterocycles. The molecule has 1 aromatic heterocycles. The smallest absolute Gasteiger partial charge is 0.375 e. The Balaban J connectivity index is 1.44. The van der Waals surface area contributed by atoms with Gasteiger partial charge in [-0.1, -0.05) is 19.9 Å². The average Bonchev–Trinajstić information content (AvgIpc) is 3.15. The average molecular weight is 470 g/mol. The summed E-state index contributed by atoms with van der Waals surface area (Å²) in [5, 5.41) is 10.5. The van der Waals surface area contributed by atoms with E-state index in [1.807, 2.05) is 13.8 Å². The van der Waals surface area contributed by atoms with Crippen LogP contribution in [0.15, 0.2) is 46.6 Å². The fourth-order valence-electron chi connectivity index (χ4n) is 8.27. The van der Waals surface area contributed by atoms with Crippen molar-refractivity contribution in [3.63, 3.8) is 0 Å². The van der Waals surface area contributed by atoms with E-state index in [1.54, 1.807) is 13.0 Å². The number of aliphatic carboxylic acids is 1. The van der Waals surface area contributed by atoms with Crippen molar-refractivity contribution >= 4 is 17.7 Å². The number of allylic oxidation sites excluding steroid dienone is 2. The van der Waals surface area contributed by atoms with Gasteiger partial charge in [0.2, 0.25) is 11.4 Å². The van der Waals surface area contributed by atoms with Crippen LogP contribution < -0.4 is 0 Å². The summed E-state index contributed by atoms with van der Waals surface area (Å²) in [6.45, 7) is 5.55. The van der Waals surface area contributed by atoms with Crippen LogP contribution in [0.1, 0.15) is 50.6 Å². The molecule has 1 spiro atoms. The maximum Gasteiger partial charge on any atom is 0.375 e. The minimum Gasteiger partial charge on any atom is -0.478 e. The Morgan fingerprint density at radius 1 is 1.24 bits per heavy atom. The lowest BCUT2D eigenvalue weighted by Gasteiger charge is -2.56. The third kappa shape index (κ3) is 2.28. The van der Waals surface area contributed by atoms with Crippen LogP contribution in [0.25, 0.3) is 0 Å². The second kappa shape index (κ2) is 6.47. The van der Waals surface area contributed by atoms with E-state index in [0.29, 0.717) is 18.4 Å². The quantitative estimate of drug-likeness (QED) is 0.528. The van der Waals surface area contributed by atoms with Crippen molar-refractivity contribution in [2.45, 2.75) is 63.5 Å². The van der Waals surface area contributed by atoms with Crippen molar-refractivity contribution in [1.29, 1.82) is 0 Å². The summed E-state index contributed by atoms with van der Waals surface area (Å²) < 4.78 is 33.0. The fraction of sp³-hybridized carbons (Fsp3) is 0.577. The number of ether oxygens (including phenoxy) is 2. The topological polar surface area (TPSA) is 106 Å². The number of fused-ring (bicyclic) bond motifs is 3. The lowest BCUT2D eigenvalue weighted by atomic mass is 9.46. The van der Waals surface area contributed by atoms with Crippen LogP contribution in [-0.2, 0) is 19.1 Å². The third-order valence-electron chi connectivity index (χ3n) is 9.75. The molecule has 3 saturated carbocycles. The van der Waals surface area contributed by atoms with Gasteiger partial charge in [-0.05, 0) is 67.9 Å². The van der Waals surface area contributed by atoms with Crippen molar-refractivity contribution in [2.24, 2.45) is 28.6 Å². The first-order chi connectivity index (χ1) is 16.0. The molecule has 4 fully saturated rings. The minimum atomic E-state index is -1.80. The molecule has 1 aromatic rings. The molecule has 0 aromatic carbocycles. The SMILES string of the molecule is C[C@@H]1CC2C3C[C@H](F)C4=CC(=O)C=C[C@]4(C)[C@@]34O[C@H]4C[C@]2(C)[C@@]1(OC(=O)c1ccco1)C(=O)O. The predicted octanol–water partition coefficient (Wildman–Crippen LogP) is 3.89. The molecule has 8 heteroatoms. The summed E-state index contributed by atoms with van der Waals surface area (Å²) in [4.78, 5) is 37.8. The molecule has 1 aliphatic heterocycles. The van der Waals surface area contributed by atoms with Crippen LogP contribution in [0.3, 0.4) is 0 Å². The summed E-state index contributed by atoms with van der Waals surface area (Å²) >= 11 is 0. The standard InChI is InChI=1S/C26H27FO7/c1-13-9-15-16-11-18(27)17-10-14(28)6-7-23(17,2)26(16)20(33-26)12-24(15,3)25(13,22(30)31)34-21(29)19-5-4-8-32-19/h4-8,10,13,15-16,18,20H,9,11-12H2,1-3H3,(H,30,31)/t13-,15?,16?,18+,20+,23+,24+,25+,26-/m1/s1. The lowest BCUT2D eigenvalue weighted by Crippen LogP contribution is -2.64. The molecule has 7 nitrogen and oxygen atoms in total.